The molecule has 0 atom stereocenters. The van der Waals surface area contributed by atoms with Crippen LogP contribution in [0.25, 0.3) is 0 Å². The van der Waals surface area contributed by atoms with Crippen molar-refractivity contribution in [2.45, 2.75) is 20.0 Å². The van der Waals surface area contributed by atoms with E-state index in [0.29, 0.717) is 17.8 Å². The highest BCUT2D eigenvalue weighted by atomic mass is 19.2. The maximum Gasteiger partial charge on any atom is 0.276 e. The lowest BCUT2D eigenvalue weighted by atomic mass is 10.2. The van der Waals surface area contributed by atoms with Crippen LogP contribution in [-0.2, 0) is 13.1 Å². The van der Waals surface area contributed by atoms with Crippen LogP contribution in [-0.4, -0.2) is 27.6 Å². The van der Waals surface area contributed by atoms with Gasteiger partial charge in [0.1, 0.15) is 0 Å². The van der Waals surface area contributed by atoms with Crippen molar-refractivity contribution in [3.63, 3.8) is 0 Å². The van der Waals surface area contributed by atoms with Crippen LogP contribution >= 0.6 is 0 Å². The van der Waals surface area contributed by atoms with Gasteiger partial charge < -0.3 is 10.6 Å². The van der Waals surface area contributed by atoms with Crippen LogP contribution in [0.4, 0.5) is 14.5 Å². The van der Waals surface area contributed by atoms with Gasteiger partial charge in [0, 0.05) is 26.3 Å². The van der Waals surface area contributed by atoms with Gasteiger partial charge in [0.05, 0.1) is 5.69 Å². The van der Waals surface area contributed by atoms with Crippen LogP contribution in [0.5, 0.6) is 0 Å². The van der Waals surface area contributed by atoms with Gasteiger partial charge in [-0.15, -0.1) is 0 Å². The zero-order valence-electron chi connectivity index (χ0n) is 11.8. The summed E-state index contributed by atoms with van der Waals surface area (Å²) in [6, 6.07) is 3.52. The zero-order valence-corrected chi connectivity index (χ0v) is 11.8. The molecule has 21 heavy (non-hydrogen) atoms. The Kier molecular flexibility index (Phi) is 4.21. The predicted molar refractivity (Wildman–Crippen MR) is 74.5 cm³/mol. The monoisotopic (exact) mass is 294 g/mol. The number of aryl methyl sites for hydroxylation is 1. The lowest BCUT2D eigenvalue weighted by Crippen LogP contribution is -2.27. The highest BCUT2D eigenvalue weighted by Crippen LogP contribution is 2.15. The first-order chi connectivity index (χ1) is 9.92. The fourth-order valence-electron chi connectivity index (χ4n) is 1.93. The number of hydrogen-bond donors (Lipinski definition) is 1. The second-order valence-electron chi connectivity index (χ2n) is 4.70. The number of benzene rings is 1. The fourth-order valence-corrected chi connectivity index (χ4v) is 1.93. The normalized spacial score (nSPS) is 10.7. The summed E-state index contributed by atoms with van der Waals surface area (Å²) in [6.45, 7) is 2.62. The van der Waals surface area contributed by atoms with Crippen molar-refractivity contribution in [2.24, 2.45) is 0 Å². The lowest BCUT2D eigenvalue weighted by molar-refractivity contribution is 0.0779. The number of aromatic nitrogens is 2. The minimum absolute atomic E-state index is 0.133. The molecule has 0 fully saturated rings. The number of carbonyl (C=O) groups excluding carboxylic acids is 1. The molecule has 0 unspecified atom stereocenters. The summed E-state index contributed by atoms with van der Waals surface area (Å²) >= 11 is 0. The zero-order chi connectivity index (χ0) is 15.6. The molecular formula is C14H16F2N4O. The maximum atomic E-state index is 13.2. The highest BCUT2D eigenvalue weighted by molar-refractivity contribution is 5.96. The van der Waals surface area contributed by atoms with Crippen LogP contribution in [0.3, 0.4) is 0 Å². The number of carbonyl (C=O) groups is 1. The molecule has 0 aliphatic heterocycles. The van der Waals surface area contributed by atoms with Gasteiger partial charge >= 0.3 is 0 Å². The van der Waals surface area contributed by atoms with Gasteiger partial charge in [-0.1, -0.05) is 6.07 Å². The van der Waals surface area contributed by atoms with Gasteiger partial charge in [-0.25, -0.2) is 8.78 Å². The average molecular weight is 294 g/mol. The van der Waals surface area contributed by atoms with Crippen molar-refractivity contribution in [1.29, 1.82) is 0 Å². The molecule has 0 spiro atoms. The largest absolute Gasteiger partial charge is 0.396 e. The topological polar surface area (TPSA) is 64.2 Å². The van der Waals surface area contributed by atoms with Gasteiger partial charge in [-0.2, -0.15) is 5.10 Å². The molecule has 0 saturated carbocycles. The van der Waals surface area contributed by atoms with Crippen molar-refractivity contribution in [2.75, 3.05) is 12.8 Å². The first-order valence-corrected chi connectivity index (χ1v) is 6.44. The summed E-state index contributed by atoms with van der Waals surface area (Å²) in [6.07, 6.45) is 1.58. The Hall–Kier alpha value is -2.44. The second-order valence-corrected chi connectivity index (χ2v) is 4.70. The molecule has 2 rings (SSSR count). The van der Waals surface area contributed by atoms with E-state index in [0.717, 1.165) is 12.1 Å². The summed E-state index contributed by atoms with van der Waals surface area (Å²) in [4.78, 5) is 13.6. The van der Waals surface area contributed by atoms with E-state index in [9.17, 15) is 13.6 Å². The molecule has 1 aromatic heterocycles. The molecule has 0 bridgehead atoms. The molecule has 5 nitrogen and oxygen atoms in total. The summed E-state index contributed by atoms with van der Waals surface area (Å²) in [5, 5.41) is 4.09. The number of amides is 1. The van der Waals surface area contributed by atoms with Crippen LogP contribution < -0.4 is 5.73 Å². The Morgan fingerprint density at radius 3 is 2.67 bits per heavy atom. The number of nitrogens with zero attached hydrogens (tertiary/aromatic N) is 3. The predicted octanol–water partition coefficient (Wildman–Crippen LogP) is 2.04. The Morgan fingerprint density at radius 1 is 1.38 bits per heavy atom. The van der Waals surface area contributed by atoms with Crippen LogP contribution in [0.1, 0.15) is 23.0 Å². The average Bonchev–Trinajstić information content (AvgIpc) is 2.83. The quantitative estimate of drug-likeness (QED) is 0.938. The summed E-state index contributed by atoms with van der Waals surface area (Å²) in [5.74, 6) is -2.23. The van der Waals surface area contributed by atoms with Gasteiger partial charge in [0.15, 0.2) is 17.3 Å². The van der Waals surface area contributed by atoms with Crippen LogP contribution in [0.2, 0.25) is 0 Å². The molecule has 112 valence electrons. The third-order valence-corrected chi connectivity index (χ3v) is 3.07. The SMILES string of the molecule is CCn1cc(N)c(C(=O)N(C)Cc2ccc(F)c(F)c2)n1. The van der Waals surface area contributed by atoms with Crippen molar-refractivity contribution in [1.82, 2.24) is 14.7 Å². The standard InChI is InChI=1S/C14H16F2N4O/c1-3-20-8-12(17)13(18-20)14(21)19(2)7-9-4-5-10(15)11(16)6-9/h4-6,8H,3,7,17H2,1-2H3. The van der Waals surface area contributed by atoms with E-state index in [-0.39, 0.29) is 18.1 Å². The Balaban J connectivity index is 2.15. The lowest BCUT2D eigenvalue weighted by Gasteiger charge is -2.16. The molecule has 2 N–H and O–H groups in total. The van der Waals surface area contributed by atoms with Crippen molar-refractivity contribution in [3.05, 3.63) is 47.3 Å². The van der Waals surface area contributed by atoms with E-state index in [1.807, 2.05) is 6.92 Å². The van der Waals surface area contributed by atoms with Gasteiger partial charge in [-0.3, -0.25) is 9.48 Å². The minimum Gasteiger partial charge on any atom is -0.396 e. The van der Waals surface area contributed by atoms with E-state index >= 15 is 0 Å². The molecule has 2 aromatic rings. The van der Waals surface area contributed by atoms with E-state index in [1.54, 1.807) is 17.9 Å². The number of nitrogen functional groups attached to an aromatic ring is 1. The summed E-state index contributed by atoms with van der Waals surface area (Å²) in [5.41, 5.74) is 6.68. The van der Waals surface area contributed by atoms with E-state index in [4.69, 9.17) is 5.73 Å². The molecule has 0 aliphatic rings. The first kappa shape index (κ1) is 15.0. The summed E-state index contributed by atoms with van der Waals surface area (Å²) in [7, 11) is 1.55. The third kappa shape index (κ3) is 3.18. The maximum absolute atomic E-state index is 13.2. The Bertz CT molecular complexity index is 669. The molecule has 0 radical (unpaired) electrons. The molecule has 7 heteroatoms. The minimum atomic E-state index is -0.942. The molecule has 1 aromatic carbocycles. The number of anilines is 1. The third-order valence-electron chi connectivity index (χ3n) is 3.07. The molecular weight excluding hydrogens is 278 g/mol. The number of nitrogens with two attached hydrogens (primary N) is 1. The van der Waals surface area contributed by atoms with E-state index in [2.05, 4.69) is 5.10 Å². The smallest absolute Gasteiger partial charge is 0.276 e. The summed E-state index contributed by atoms with van der Waals surface area (Å²) < 4.78 is 27.6. The number of rotatable bonds is 4. The number of halogens is 2. The number of hydrogen-bond acceptors (Lipinski definition) is 3. The highest BCUT2D eigenvalue weighted by Gasteiger charge is 2.19. The molecule has 1 heterocycles. The van der Waals surface area contributed by atoms with Crippen LogP contribution in [0.15, 0.2) is 24.4 Å². The van der Waals surface area contributed by atoms with E-state index in [1.165, 1.54) is 11.0 Å². The molecule has 1 amide bonds. The Morgan fingerprint density at radius 2 is 2.10 bits per heavy atom. The van der Waals surface area contributed by atoms with Gasteiger partial charge in [-0.05, 0) is 24.6 Å². The van der Waals surface area contributed by atoms with Crippen molar-refractivity contribution < 1.29 is 13.6 Å². The Labute approximate surface area is 121 Å². The van der Waals surface area contributed by atoms with Crippen LogP contribution in [0, 0.1) is 11.6 Å². The molecule has 0 saturated heterocycles. The first-order valence-electron chi connectivity index (χ1n) is 6.44. The van der Waals surface area contributed by atoms with Gasteiger partial charge in [0.25, 0.3) is 5.91 Å². The van der Waals surface area contributed by atoms with E-state index < -0.39 is 11.6 Å². The second kappa shape index (κ2) is 5.90. The van der Waals surface area contributed by atoms with Gasteiger partial charge in [0.2, 0.25) is 0 Å². The molecule has 0 aliphatic carbocycles. The van der Waals surface area contributed by atoms with Crippen molar-refractivity contribution >= 4 is 11.6 Å². The van der Waals surface area contributed by atoms with Crippen molar-refractivity contribution in [3.8, 4) is 0 Å². The fraction of sp³-hybridized carbons (Fsp3) is 0.286.